The highest BCUT2D eigenvalue weighted by Gasteiger charge is 2.23. The van der Waals surface area contributed by atoms with Gasteiger partial charge in [0, 0.05) is 31.9 Å². The Bertz CT molecular complexity index is 652. The van der Waals surface area contributed by atoms with Crippen molar-refractivity contribution < 1.29 is 9.53 Å². The molecule has 0 saturated carbocycles. The molecule has 0 spiro atoms. The molecule has 4 nitrogen and oxygen atoms in total. The molecular formula is C16H17ClN2O2S. The Morgan fingerprint density at radius 1 is 1.23 bits per heavy atom. The molecule has 2 aromatic rings. The summed E-state index contributed by atoms with van der Waals surface area (Å²) in [6.45, 7) is 3.06. The van der Waals surface area contributed by atoms with E-state index in [0.29, 0.717) is 10.8 Å². The average Bonchev–Trinajstić information content (AvgIpc) is 3.09. The molecule has 1 aliphatic rings. The number of piperazine rings is 1. The van der Waals surface area contributed by atoms with E-state index in [1.54, 1.807) is 7.11 Å². The number of benzene rings is 1. The first-order chi connectivity index (χ1) is 10.7. The van der Waals surface area contributed by atoms with E-state index >= 15 is 0 Å². The molecule has 1 amide bonds. The summed E-state index contributed by atoms with van der Waals surface area (Å²) < 4.78 is 5.17. The molecule has 0 unspecified atom stereocenters. The molecular weight excluding hydrogens is 320 g/mol. The van der Waals surface area contributed by atoms with Crippen molar-refractivity contribution in [1.82, 2.24) is 4.90 Å². The number of nitrogens with zero attached hydrogens (tertiary/aromatic N) is 2. The minimum atomic E-state index is 0.127. The van der Waals surface area contributed by atoms with Crippen molar-refractivity contribution in [2.24, 2.45) is 0 Å². The number of carbonyl (C=O) groups excluding carboxylic acids is 1. The highest BCUT2D eigenvalue weighted by molar-refractivity contribution is 7.12. The summed E-state index contributed by atoms with van der Waals surface area (Å²) in [6.07, 6.45) is 0. The van der Waals surface area contributed by atoms with E-state index in [2.05, 4.69) is 4.90 Å². The molecule has 0 N–H and O–H groups in total. The van der Waals surface area contributed by atoms with Gasteiger partial charge in [-0.25, -0.2) is 0 Å². The maximum Gasteiger partial charge on any atom is 0.264 e. The molecule has 6 heteroatoms. The maximum atomic E-state index is 12.3. The van der Waals surface area contributed by atoms with Crippen LogP contribution in [0.15, 0.2) is 35.7 Å². The van der Waals surface area contributed by atoms with E-state index in [9.17, 15) is 4.79 Å². The van der Waals surface area contributed by atoms with E-state index in [-0.39, 0.29) is 5.91 Å². The largest absolute Gasteiger partial charge is 0.495 e. The molecule has 2 heterocycles. The minimum Gasteiger partial charge on any atom is -0.495 e. The summed E-state index contributed by atoms with van der Waals surface area (Å²) in [5.41, 5.74) is 1.06. The molecule has 1 saturated heterocycles. The van der Waals surface area contributed by atoms with Crippen LogP contribution in [0.25, 0.3) is 0 Å². The lowest BCUT2D eigenvalue weighted by Crippen LogP contribution is -2.48. The van der Waals surface area contributed by atoms with Crippen molar-refractivity contribution in [3.05, 3.63) is 45.6 Å². The van der Waals surface area contributed by atoms with Crippen molar-refractivity contribution in [1.29, 1.82) is 0 Å². The Morgan fingerprint density at radius 3 is 2.59 bits per heavy atom. The lowest BCUT2D eigenvalue weighted by Gasteiger charge is -2.36. The number of amides is 1. The van der Waals surface area contributed by atoms with Crippen LogP contribution in [0.3, 0.4) is 0 Å². The third kappa shape index (κ3) is 3.05. The van der Waals surface area contributed by atoms with Crippen LogP contribution in [0.5, 0.6) is 5.75 Å². The predicted octanol–water partition coefficient (Wildman–Crippen LogP) is 3.37. The Hall–Kier alpha value is -1.72. The van der Waals surface area contributed by atoms with Gasteiger partial charge in [-0.1, -0.05) is 17.7 Å². The molecule has 0 aliphatic carbocycles. The van der Waals surface area contributed by atoms with Crippen molar-refractivity contribution in [3.63, 3.8) is 0 Å². The number of hydrogen-bond donors (Lipinski definition) is 0. The Balaban J connectivity index is 1.64. The van der Waals surface area contributed by atoms with Crippen LogP contribution in [-0.2, 0) is 0 Å². The number of carbonyl (C=O) groups is 1. The average molecular weight is 337 g/mol. The molecule has 0 radical (unpaired) electrons. The molecule has 1 fully saturated rings. The Kier molecular flexibility index (Phi) is 4.55. The van der Waals surface area contributed by atoms with E-state index in [1.165, 1.54) is 11.3 Å². The van der Waals surface area contributed by atoms with Crippen LogP contribution in [0.4, 0.5) is 5.69 Å². The number of thiophene rings is 1. The second-order valence-corrected chi connectivity index (χ2v) is 6.43. The van der Waals surface area contributed by atoms with Gasteiger partial charge in [-0.3, -0.25) is 4.79 Å². The number of rotatable bonds is 3. The first-order valence-corrected chi connectivity index (χ1v) is 8.36. The van der Waals surface area contributed by atoms with E-state index in [0.717, 1.165) is 36.7 Å². The molecule has 1 aliphatic heterocycles. The molecule has 3 rings (SSSR count). The van der Waals surface area contributed by atoms with E-state index in [4.69, 9.17) is 16.3 Å². The summed E-state index contributed by atoms with van der Waals surface area (Å²) in [5.74, 6) is 0.805. The molecule has 1 aromatic heterocycles. The van der Waals surface area contributed by atoms with Crippen LogP contribution < -0.4 is 9.64 Å². The van der Waals surface area contributed by atoms with Crippen LogP contribution in [0.1, 0.15) is 9.67 Å². The minimum absolute atomic E-state index is 0.127. The smallest absolute Gasteiger partial charge is 0.264 e. The van der Waals surface area contributed by atoms with Crippen LogP contribution in [0, 0.1) is 0 Å². The lowest BCUT2D eigenvalue weighted by atomic mass is 10.2. The quantitative estimate of drug-likeness (QED) is 0.861. The Morgan fingerprint density at radius 2 is 2.00 bits per heavy atom. The van der Waals surface area contributed by atoms with Crippen molar-refractivity contribution in [3.8, 4) is 5.75 Å². The van der Waals surface area contributed by atoms with Gasteiger partial charge in [-0.15, -0.1) is 11.3 Å². The first-order valence-electron chi connectivity index (χ1n) is 7.10. The zero-order valence-corrected chi connectivity index (χ0v) is 13.9. The maximum absolute atomic E-state index is 12.3. The molecule has 0 bridgehead atoms. The second-order valence-electron chi connectivity index (χ2n) is 5.08. The van der Waals surface area contributed by atoms with Gasteiger partial charge in [0.05, 0.1) is 17.0 Å². The van der Waals surface area contributed by atoms with Gasteiger partial charge < -0.3 is 14.5 Å². The van der Waals surface area contributed by atoms with Crippen molar-refractivity contribution in [2.45, 2.75) is 0 Å². The fraction of sp³-hybridized carbons (Fsp3) is 0.312. The van der Waals surface area contributed by atoms with Gasteiger partial charge in [0.15, 0.2) is 0 Å². The lowest BCUT2D eigenvalue weighted by molar-refractivity contribution is 0.0751. The number of ether oxygens (including phenoxy) is 1. The highest BCUT2D eigenvalue weighted by atomic mass is 35.5. The second kappa shape index (κ2) is 6.58. The van der Waals surface area contributed by atoms with Gasteiger partial charge >= 0.3 is 0 Å². The SMILES string of the molecule is COc1ccc(N2CCN(C(=O)c3cccs3)CC2)cc1Cl. The number of halogens is 1. The van der Waals surface area contributed by atoms with Crippen LogP contribution in [-0.4, -0.2) is 44.1 Å². The zero-order chi connectivity index (χ0) is 15.5. The summed E-state index contributed by atoms with van der Waals surface area (Å²) in [5, 5.41) is 2.54. The fourth-order valence-electron chi connectivity index (χ4n) is 2.58. The predicted molar refractivity (Wildman–Crippen MR) is 90.4 cm³/mol. The molecule has 116 valence electrons. The summed E-state index contributed by atoms with van der Waals surface area (Å²) in [6, 6.07) is 9.58. The first kappa shape index (κ1) is 15.2. The molecule has 1 aromatic carbocycles. The summed E-state index contributed by atoms with van der Waals surface area (Å²) >= 11 is 7.67. The van der Waals surface area contributed by atoms with Gasteiger partial charge in [0.1, 0.15) is 5.75 Å². The zero-order valence-electron chi connectivity index (χ0n) is 12.3. The number of methoxy groups -OCH3 is 1. The highest BCUT2D eigenvalue weighted by Crippen LogP contribution is 2.29. The van der Waals surface area contributed by atoms with Crippen LogP contribution >= 0.6 is 22.9 Å². The fourth-order valence-corrected chi connectivity index (χ4v) is 3.52. The monoisotopic (exact) mass is 336 g/mol. The summed E-state index contributed by atoms with van der Waals surface area (Å²) in [4.78, 5) is 17.3. The molecule has 22 heavy (non-hydrogen) atoms. The van der Waals surface area contributed by atoms with Gasteiger partial charge in [-0.2, -0.15) is 0 Å². The van der Waals surface area contributed by atoms with Gasteiger partial charge in [-0.05, 0) is 29.6 Å². The van der Waals surface area contributed by atoms with E-state index in [1.807, 2.05) is 40.6 Å². The Labute approximate surface area is 138 Å². The van der Waals surface area contributed by atoms with Crippen LogP contribution in [0.2, 0.25) is 5.02 Å². The molecule has 0 atom stereocenters. The topological polar surface area (TPSA) is 32.8 Å². The standard InChI is InChI=1S/C16H17ClN2O2S/c1-21-14-5-4-12(11-13(14)17)18-6-8-19(9-7-18)16(20)15-3-2-10-22-15/h2-5,10-11H,6-9H2,1H3. The van der Waals surface area contributed by atoms with Crippen molar-refractivity contribution in [2.75, 3.05) is 38.2 Å². The summed E-state index contributed by atoms with van der Waals surface area (Å²) in [7, 11) is 1.61. The van der Waals surface area contributed by atoms with Gasteiger partial charge in [0.25, 0.3) is 5.91 Å². The van der Waals surface area contributed by atoms with Crippen molar-refractivity contribution >= 4 is 34.5 Å². The number of hydrogen-bond acceptors (Lipinski definition) is 4. The van der Waals surface area contributed by atoms with E-state index < -0.39 is 0 Å². The normalized spacial score (nSPS) is 15.0. The third-order valence-corrected chi connectivity index (χ3v) is 4.95. The third-order valence-electron chi connectivity index (χ3n) is 3.80. The number of anilines is 1. The van der Waals surface area contributed by atoms with Gasteiger partial charge in [0.2, 0.25) is 0 Å².